The van der Waals surface area contributed by atoms with Crippen LogP contribution in [0.15, 0.2) is 18.2 Å². The van der Waals surface area contributed by atoms with Gasteiger partial charge < -0.3 is 10.8 Å². The van der Waals surface area contributed by atoms with Crippen LogP contribution in [0, 0.1) is 12.7 Å². The molecule has 0 aromatic heterocycles. The Labute approximate surface area is 83.6 Å². The molecule has 1 aromatic carbocycles. The lowest BCUT2D eigenvalue weighted by atomic mass is 9.83. The first-order valence-corrected chi connectivity index (χ1v) is 4.61. The Bertz CT molecular complexity index is 321. The van der Waals surface area contributed by atoms with Crippen LogP contribution in [0.4, 0.5) is 4.39 Å². The van der Waals surface area contributed by atoms with E-state index in [1.165, 1.54) is 6.07 Å². The van der Waals surface area contributed by atoms with E-state index in [-0.39, 0.29) is 19.0 Å². The van der Waals surface area contributed by atoms with Crippen molar-refractivity contribution in [2.45, 2.75) is 19.3 Å². The first kappa shape index (κ1) is 11.1. The first-order chi connectivity index (χ1) is 6.53. The molecule has 0 saturated heterocycles. The van der Waals surface area contributed by atoms with Crippen molar-refractivity contribution in [2.24, 2.45) is 5.73 Å². The van der Waals surface area contributed by atoms with Crippen molar-refractivity contribution in [1.82, 2.24) is 0 Å². The van der Waals surface area contributed by atoms with Crippen LogP contribution in [0.5, 0.6) is 0 Å². The minimum absolute atomic E-state index is 0.149. The summed E-state index contributed by atoms with van der Waals surface area (Å²) in [5, 5.41) is 9.19. The molecule has 14 heavy (non-hydrogen) atoms. The van der Waals surface area contributed by atoms with Crippen LogP contribution in [-0.2, 0) is 5.41 Å². The van der Waals surface area contributed by atoms with Gasteiger partial charge in [0, 0.05) is 12.0 Å². The van der Waals surface area contributed by atoms with Gasteiger partial charge in [0.1, 0.15) is 5.82 Å². The lowest BCUT2D eigenvalue weighted by molar-refractivity contribution is 0.206. The highest BCUT2D eigenvalue weighted by atomic mass is 19.1. The fourth-order valence-corrected chi connectivity index (χ4v) is 1.37. The molecule has 0 fully saturated rings. The summed E-state index contributed by atoms with van der Waals surface area (Å²) in [7, 11) is 0. The molecule has 2 nitrogen and oxygen atoms in total. The van der Waals surface area contributed by atoms with Gasteiger partial charge in [-0.05, 0) is 24.1 Å². The molecule has 1 atom stereocenters. The summed E-state index contributed by atoms with van der Waals surface area (Å²) in [6.45, 7) is 3.65. The third kappa shape index (κ3) is 1.94. The normalized spacial score (nSPS) is 15.2. The van der Waals surface area contributed by atoms with Crippen LogP contribution in [0.3, 0.4) is 0 Å². The number of aliphatic hydroxyl groups excluding tert-OH is 1. The number of rotatable bonds is 3. The zero-order chi connectivity index (χ0) is 10.8. The molecule has 3 heteroatoms. The molecule has 3 N–H and O–H groups in total. The van der Waals surface area contributed by atoms with Gasteiger partial charge in [-0.2, -0.15) is 0 Å². The number of halogens is 1. The predicted octanol–water partition coefficient (Wildman–Crippen LogP) is 1.34. The van der Waals surface area contributed by atoms with E-state index in [2.05, 4.69) is 0 Å². The Morgan fingerprint density at radius 1 is 1.50 bits per heavy atom. The van der Waals surface area contributed by atoms with Gasteiger partial charge in [0.2, 0.25) is 0 Å². The molecular formula is C11H16FNO. The van der Waals surface area contributed by atoms with Crippen LogP contribution in [0.1, 0.15) is 18.1 Å². The van der Waals surface area contributed by atoms with Crippen LogP contribution in [-0.4, -0.2) is 18.3 Å². The first-order valence-electron chi connectivity index (χ1n) is 4.61. The topological polar surface area (TPSA) is 46.2 Å². The van der Waals surface area contributed by atoms with E-state index in [4.69, 9.17) is 5.73 Å². The van der Waals surface area contributed by atoms with Crippen LogP contribution in [0.2, 0.25) is 0 Å². The van der Waals surface area contributed by atoms with Crippen molar-refractivity contribution < 1.29 is 9.50 Å². The summed E-state index contributed by atoms with van der Waals surface area (Å²) in [5.74, 6) is -0.299. The largest absolute Gasteiger partial charge is 0.395 e. The fraction of sp³-hybridized carbons (Fsp3) is 0.455. The van der Waals surface area contributed by atoms with E-state index >= 15 is 0 Å². The molecule has 0 bridgehead atoms. The highest BCUT2D eigenvalue weighted by Crippen LogP contribution is 2.25. The van der Waals surface area contributed by atoms with Gasteiger partial charge in [-0.15, -0.1) is 0 Å². The van der Waals surface area contributed by atoms with Crippen LogP contribution < -0.4 is 5.73 Å². The maximum atomic E-state index is 13.6. The number of aryl methyl sites for hydroxylation is 1. The molecule has 1 unspecified atom stereocenters. The average Bonchev–Trinajstić information content (AvgIpc) is 2.17. The van der Waals surface area contributed by atoms with Gasteiger partial charge in [0.25, 0.3) is 0 Å². The van der Waals surface area contributed by atoms with E-state index in [0.717, 1.165) is 5.56 Å². The van der Waals surface area contributed by atoms with Gasteiger partial charge in [0.15, 0.2) is 0 Å². The smallest absolute Gasteiger partial charge is 0.127 e. The lowest BCUT2D eigenvalue weighted by Crippen LogP contribution is -2.36. The molecular weight excluding hydrogens is 181 g/mol. The maximum Gasteiger partial charge on any atom is 0.127 e. The van der Waals surface area contributed by atoms with E-state index in [0.29, 0.717) is 5.56 Å². The zero-order valence-corrected chi connectivity index (χ0v) is 8.55. The third-order valence-electron chi connectivity index (χ3n) is 2.57. The molecule has 0 aliphatic carbocycles. The SMILES string of the molecule is Cc1ccc(C(C)(CN)CO)c(F)c1. The Morgan fingerprint density at radius 2 is 2.14 bits per heavy atom. The summed E-state index contributed by atoms with van der Waals surface area (Å²) in [5.41, 5.74) is 6.19. The van der Waals surface area contributed by atoms with Crippen LogP contribution >= 0.6 is 0 Å². The minimum Gasteiger partial charge on any atom is -0.395 e. The Hall–Kier alpha value is -0.930. The quantitative estimate of drug-likeness (QED) is 0.768. The van der Waals surface area contributed by atoms with Crippen molar-refractivity contribution in [3.05, 3.63) is 35.1 Å². The summed E-state index contributed by atoms with van der Waals surface area (Å²) < 4.78 is 13.6. The summed E-state index contributed by atoms with van der Waals surface area (Å²) in [6, 6.07) is 4.97. The molecule has 0 amide bonds. The number of nitrogens with two attached hydrogens (primary N) is 1. The molecule has 1 aromatic rings. The number of aliphatic hydroxyl groups is 1. The highest BCUT2D eigenvalue weighted by molar-refractivity contribution is 5.30. The Morgan fingerprint density at radius 3 is 2.57 bits per heavy atom. The Kier molecular flexibility index (Phi) is 3.24. The van der Waals surface area contributed by atoms with Gasteiger partial charge in [-0.25, -0.2) is 4.39 Å². The van der Waals surface area contributed by atoms with E-state index in [1.807, 2.05) is 13.0 Å². The Balaban J connectivity index is 3.17. The third-order valence-corrected chi connectivity index (χ3v) is 2.57. The molecule has 0 radical (unpaired) electrons. The van der Waals surface area contributed by atoms with Gasteiger partial charge in [-0.3, -0.25) is 0 Å². The molecule has 0 aliphatic heterocycles. The monoisotopic (exact) mass is 197 g/mol. The number of benzene rings is 1. The molecule has 0 saturated carbocycles. The van der Waals surface area contributed by atoms with Crippen molar-refractivity contribution >= 4 is 0 Å². The number of hydrogen-bond acceptors (Lipinski definition) is 2. The zero-order valence-electron chi connectivity index (χ0n) is 8.55. The van der Waals surface area contributed by atoms with Crippen molar-refractivity contribution in [3.63, 3.8) is 0 Å². The van der Waals surface area contributed by atoms with Crippen molar-refractivity contribution in [1.29, 1.82) is 0 Å². The average molecular weight is 197 g/mol. The molecule has 0 aliphatic rings. The predicted molar refractivity (Wildman–Crippen MR) is 54.6 cm³/mol. The molecule has 1 rings (SSSR count). The lowest BCUT2D eigenvalue weighted by Gasteiger charge is -2.26. The molecule has 0 spiro atoms. The van der Waals surface area contributed by atoms with E-state index < -0.39 is 5.41 Å². The van der Waals surface area contributed by atoms with Gasteiger partial charge in [0.05, 0.1) is 6.61 Å². The number of hydrogen-bond donors (Lipinski definition) is 2. The molecule has 78 valence electrons. The highest BCUT2D eigenvalue weighted by Gasteiger charge is 2.27. The maximum absolute atomic E-state index is 13.6. The second-order valence-electron chi connectivity index (χ2n) is 3.91. The minimum atomic E-state index is -0.683. The van der Waals surface area contributed by atoms with Crippen molar-refractivity contribution in [2.75, 3.05) is 13.2 Å². The standard InChI is InChI=1S/C11H16FNO/c1-8-3-4-9(10(12)5-8)11(2,6-13)7-14/h3-5,14H,6-7,13H2,1-2H3. The van der Waals surface area contributed by atoms with Gasteiger partial charge in [-0.1, -0.05) is 19.1 Å². The second-order valence-corrected chi connectivity index (χ2v) is 3.91. The summed E-state index contributed by atoms with van der Waals surface area (Å²) in [4.78, 5) is 0. The fourth-order valence-electron chi connectivity index (χ4n) is 1.37. The second kappa shape index (κ2) is 4.07. The van der Waals surface area contributed by atoms with Gasteiger partial charge >= 0.3 is 0 Å². The summed E-state index contributed by atoms with van der Waals surface area (Å²) in [6.07, 6.45) is 0. The molecule has 0 heterocycles. The van der Waals surface area contributed by atoms with E-state index in [1.54, 1.807) is 13.0 Å². The van der Waals surface area contributed by atoms with E-state index in [9.17, 15) is 9.50 Å². The van der Waals surface area contributed by atoms with Crippen molar-refractivity contribution in [3.8, 4) is 0 Å². The van der Waals surface area contributed by atoms with Crippen LogP contribution in [0.25, 0.3) is 0 Å². The summed E-state index contributed by atoms with van der Waals surface area (Å²) >= 11 is 0.